The summed E-state index contributed by atoms with van der Waals surface area (Å²) in [5.41, 5.74) is 0.0675. The minimum Gasteiger partial charge on any atom is -0.481 e. The van der Waals surface area contributed by atoms with E-state index in [0.29, 0.717) is 37.0 Å². The van der Waals surface area contributed by atoms with E-state index in [9.17, 15) is 103 Å². The number of nitrogens with one attached hydrogen (secondary N) is 7. The smallest absolute Gasteiger partial charge is 0.326 e. The Morgan fingerprint density at radius 2 is 0.876 bits per heavy atom. The monoisotopic (exact) mass is 1400 g/mol. The number of urea groups is 1. The third kappa shape index (κ3) is 33.5. The van der Waals surface area contributed by atoms with Gasteiger partial charge in [0, 0.05) is 118 Å². The Hall–Kier alpha value is -8.28. The maximum absolute atomic E-state index is 16.7. The normalized spacial score (nSPS) is 16.3. The molecular weight excluding hydrogens is 1300 g/mol. The van der Waals surface area contributed by atoms with Crippen molar-refractivity contribution >= 4 is 93.7 Å². The molecule has 0 aromatic heterocycles. The zero-order valence-corrected chi connectivity index (χ0v) is 56.7. The van der Waals surface area contributed by atoms with Crippen LogP contribution in [0.5, 0.6) is 0 Å². The van der Waals surface area contributed by atoms with Crippen molar-refractivity contribution in [3.63, 3.8) is 0 Å². The van der Waals surface area contributed by atoms with Crippen molar-refractivity contribution in [2.75, 3.05) is 91.6 Å². The van der Waals surface area contributed by atoms with Crippen LogP contribution in [0, 0.1) is 0 Å². The average Bonchev–Trinajstić information content (AvgIpc) is 0.773. The number of carboxylic acids is 8. The largest absolute Gasteiger partial charge is 0.481 e. The highest BCUT2D eigenvalue weighted by Crippen LogP contribution is 2.69. The molecule has 35 heteroatoms. The lowest BCUT2D eigenvalue weighted by molar-refractivity contribution is -0.145. The number of benzene rings is 1. The molecule has 1 saturated heterocycles. The van der Waals surface area contributed by atoms with Gasteiger partial charge >= 0.3 is 53.8 Å². The van der Waals surface area contributed by atoms with Crippen LogP contribution in [0.15, 0.2) is 29.2 Å². The number of unbranched alkanes of at least 4 members (excludes halogenated alkanes) is 5. The lowest BCUT2D eigenvalue weighted by Gasteiger charge is -2.46. The summed E-state index contributed by atoms with van der Waals surface area (Å²) in [4.78, 5) is 180. The molecule has 1 aromatic carbocycles. The van der Waals surface area contributed by atoms with E-state index in [0.717, 1.165) is 0 Å². The summed E-state index contributed by atoms with van der Waals surface area (Å²) in [6, 6.07) is -2.79. The fourth-order valence-corrected chi connectivity index (χ4v) is 13.9. The standard InChI is InChI=1S/C62H100FN11O22S/c1-40(2)97(63,62(3,4)5)42-20-18-41(19-21-42)55(86)66-36-46(67-50(77)24-23-47(60(94)95)74-34-32-72(38-53(82)83)30-28-71(37-52(80)81)29-31-73(33-35-74)39-54(84)85)56(87)68-43(57(88)89)14-10-12-26-64-48(75)16-8-6-7-9-17-49(76)65-27-13-11-15-44(58(90)91)69-61(96)70-45(59(92)93)22-25-51(78)79/h18-21,40,43-47H,6-17,22-39H2,1-5H3,(H,64,75)(H,65,76)(H,66,86)(H,67,77)(H,68,87)(H,78,79)(H,80,81)(H,82,83)(H,84,85)(H,88,89)(H,90,91)(H,92,93)(H,94,95)(H2,69,70,96)/t43?,44-,45-,46?,47?/m0/s1. The number of rotatable bonds is 44. The summed E-state index contributed by atoms with van der Waals surface area (Å²) < 4.78 is 15.9. The van der Waals surface area contributed by atoms with Gasteiger partial charge in [0.05, 0.1) is 19.6 Å². The van der Waals surface area contributed by atoms with Gasteiger partial charge in [0.15, 0.2) is 0 Å². The SMILES string of the molecule is CC(C)S(F)(c1ccc(C(=O)NCC(NC(=O)CCC(C(=O)O)N2CCN(CC(=O)O)CCN(CC(=O)O)CCN(CC(=O)O)CC2)C(=O)NC(CCCCNC(=O)CCCCCCC(=O)NCCCC[C@H](NC(=O)N[C@@H](CCC(=O)O)C(=O)O)C(=O)O)C(=O)O)cc1)C(C)(C)C. The van der Waals surface area contributed by atoms with Crippen LogP contribution < -0.4 is 37.2 Å². The van der Waals surface area contributed by atoms with E-state index >= 15 is 3.89 Å². The van der Waals surface area contributed by atoms with Crippen LogP contribution >= 0.6 is 10.4 Å². The third-order valence-corrected chi connectivity index (χ3v) is 20.0. The van der Waals surface area contributed by atoms with Gasteiger partial charge in [-0.2, -0.15) is 3.89 Å². The number of aliphatic carboxylic acids is 8. The molecule has 33 nitrogen and oxygen atoms in total. The van der Waals surface area contributed by atoms with Crippen LogP contribution in [-0.4, -0.2) is 276 Å². The summed E-state index contributed by atoms with van der Waals surface area (Å²) >= 11 is 0. The fourth-order valence-electron chi connectivity index (χ4n) is 10.7. The maximum atomic E-state index is 16.7. The summed E-state index contributed by atoms with van der Waals surface area (Å²) in [5, 5.41) is 93.9. The molecule has 6 atom stereocenters. The van der Waals surface area contributed by atoms with Crippen molar-refractivity contribution < 1.29 is 112 Å². The van der Waals surface area contributed by atoms with Gasteiger partial charge in [0.2, 0.25) is 23.6 Å². The van der Waals surface area contributed by atoms with E-state index < -0.39 is 169 Å². The zero-order valence-electron chi connectivity index (χ0n) is 55.9. The maximum Gasteiger partial charge on any atom is 0.326 e. The highest BCUT2D eigenvalue weighted by molar-refractivity contribution is 8.31. The Balaban J connectivity index is 2.07. The summed E-state index contributed by atoms with van der Waals surface area (Å²) in [5.74, 6) is -13.7. The van der Waals surface area contributed by atoms with Crippen LogP contribution in [0.1, 0.15) is 148 Å². The van der Waals surface area contributed by atoms with Gasteiger partial charge in [-0.25, -0.2) is 19.2 Å². The van der Waals surface area contributed by atoms with Crippen molar-refractivity contribution in [2.45, 2.75) is 182 Å². The topological polar surface area (TPSA) is 498 Å². The minimum absolute atomic E-state index is 0.0296. The van der Waals surface area contributed by atoms with Gasteiger partial charge in [-0.05, 0) is 109 Å². The molecule has 2 rings (SSSR count). The number of amides is 7. The van der Waals surface area contributed by atoms with E-state index in [1.165, 1.54) is 43.9 Å². The molecule has 1 heterocycles. The van der Waals surface area contributed by atoms with Crippen LogP contribution in [0.3, 0.4) is 0 Å². The molecule has 0 spiro atoms. The Kier molecular flexibility index (Phi) is 38.3. The first-order valence-corrected chi connectivity index (χ1v) is 33.9. The predicted octanol–water partition coefficient (Wildman–Crippen LogP) is 1.42. The van der Waals surface area contributed by atoms with E-state index in [4.69, 9.17) is 5.11 Å². The molecule has 0 bridgehead atoms. The molecule has 4 unspecified atom stereocenters. The molecule has 1 aliphatic heterocycles. The van der Waals surface area contributed by atoms with Crippen LogP contribution in [0.4, 0.5) is 8.68 Å². The lowest BCUT2D eigenvalue weighted by atomic mass is 10.1. The second-order valence-electron chi connectivity index (χ2n) is 24.9. The molecule has 1 aliphatic rings. The first-order valence-electron chi connectivity index (χ1n) is 32.3. The second-order valence-corrected chi connectivity index (χ2v) is 28.7. The van der Waals surface area contributed by atoms with E-state index in [-0.39, 0.29) is 133 Å². The fraction of sp³-hybridized carbons (Fsp3) is 0.677. The van der Waals surface area contributed by atoms with Crippen LogP contribution in [0.2, 0.25) is 0 Å². The zero-order chi connectivity index (χ0) is 73.0. The number of halogens is 1. The number of hydrogen-bond acceptors (Lipinski definition) is 18. The predicted molar refractivity (Wildman–Crippen MR) is 349 cm³/mol. The molecule has 0 saturated carbocycles. The lowest BCUT2D eigenvalue weighted by Crippen LogP contribution is -2.56. The van der Waals surface area contributed by atoms with Gasteiger partial charge in [-0.1, -0.05) is 37.1 Å². The Labute approximate surface area is 564 Å². The summed E-state index contributed by atoms with van der Waals surface area (Å²) in [6.07, 6.45) is 1.63. The number of carbonyl (C=O) groups is 14. The molecule has 15 N–H and O–H groups in total. The van der Waals surface area contributed by atoms with Gasteiger partial charge in [0.1, 0.15) is 30.2 Å². The molecule has 548 valence electrons. The van der Waals surface area contributed by atoms with Gasteiger partial charge < -0.3 is 78.1 Å². The molecule has 1 fully saturated rings. The third-order valence-electron chi connectivity index (χ3n) is 15.9. The quantitative estimate of drug-likeness (QED) is 0.0411. The highest BCUT2D eigenvalue weighted by Gasteiger charge is 2.42. The highest BCUT2D eigenvalue weighted by atomic mass is 32.3. The summed E-state index contributed by atoms with van der Waals surface area (Å²) in [7, 11) is -2.89. The molecular formula is C62H100FN11O22S. The van der Waals surface area contributed by atoms with Gasteiger partial charge in [-0.3, -0.25) is 67.5 Å². The first kappa shape index (κ1) is 84.8. The summed E-state index contributed by atoms with van der Waals surface area (Å²) in [6.45, 7) is 7.35. The van der Waals surface area contributed by atoms with E-state index in [1.54, 1.807) is 34.6 Å². The number of carbonyl (C=O) groups excluding carboxylic acids is 6. The second kappa shape index (κ2) is 43.8. The van der Waals surface area contributed by atoms with Crippen molar-refractivity contribution in [1.29, 1.82) is 0 Å². The number of carboxylic acid groups (broad SMARTS) is 8. The van der Waals surface area contributed by atoms with Crippen molar-refractivity contribution in [2.24, 2.45) is 0 Å². The Bertz CT molecular complexity index is 2780. The van der Waals surface area contributed by atoms with Gasteiger partial charge in [-0.15, -0.1) is 0 Å². The minimum atomic E-state index is -2.89. The van der Waals surface area contributed by atoms with E-state index in [1.807, 2.05) is 5.32 Å². The molecule has 0 aliphatic carbocycles. The Morgan fingerprint density at radius 1 is 0.454 bits per heavy atom. The number of hydrogen-bond donors (Lipinski definition) is 15. The van der Waals surface area contributed by atoms with Crippen molar-refractivity contribution in [3.8, 4) is 0 Å². The molecule has 7 amide bonds. The number of nitrogens with zero attached hydrogens (tertiary/aromatic N) is 4. The van der Waals surface area contributed by atoms with Crippen LogP contribution in [-0.2, 0) is 57.5 Å². The molecule has 1 aromatic rings. The first-order chi connectivity index (χ1) is 45.5. The Morgan fingerprint density at radius 3 is 1.27 bits per heavy atom. The molecule has 97 heavy (non-hydrogen) atoms. The molecule has 0 radical (unpaired) electrons. The van der Waals surface area contributed by atoms with Crippen LogP contribution in [0.25, 0.3) is 0 Å². The van der Waals surface area contributed by atoms with E-state index in [2.05, 4.69) is 31.9 Å². The van der Waals surface area contributed by atoms with Crippen molar-refractivity contribution in [3.05, 3.63) is 29.8 Å². The van der Waals surface area contributed by atoms with Crippen molar-refractivity contribution in [1.82, 2.24) is 56.8 Å². The average molecular weight is 1400 g/mol. The van der Waals surface area contributed by atoms with Gasteiger partial charge in [0.25, 0.3) is 5.91 Å².